The van der Waals surface area contributed by atoms with E-state index in [9.17, 15) is 10.0 Å². The molecule has 72 valence electrons. The number of rotatable bonds is 1. The molecule has 1 aromatic heterocycles. The lowest BCUT2D eigenvalue weighted by molar-refractivity contribution is 0.164. The highest BCUT2D eigenvalue weighted by molar-refractivity contribution is 5.54. The zero-order valence-electron chi connectivity index (χ0n) is 7.47. The summed E-state index contributed by atoms with van der Waals surface area (Å²) in [5.74, 6) is -0.782. The SMILES string of the molecule is Cc1ccc(-c2noc(=O)n2O)cc1. The van der Waals surface area contributed by atoms with Gasteiger partial charge in [0, 0.05) is 5.56 Å². The predicted octanol–water partition coefficient (Wildman–Crippen LogP) is 1.05. The average Bonchev–Trinajstić information content (AvgIpc) is 2.50. The van der Waals surface area contributed by atoms with Gasteiger partial charge in [-0.25, -0.2) is 4.79 Å². The number of hydrogen-bond donors (Lipinski definition) is 1. The summed E-state index contributed by atoms with van der Waals surface area (Å²) >= 11 is 0. The summed E-state index contributed by atoms with van der Waals surface area (Å²) in [5, 5.41) is 12.6. The van der Waals surface area contributed by atoms with E-state index in [1.54, 1.807) is 12.1 Å². The summed E-state index contributed by atoms with van der Waals surface area (Å²) in [7, 11) is 0. The Bertz CT molecular complexity index is 496. The molecule has 0 saturated heterocycles. The maximum absolute atomic E-state index is 10.8. The van der Waals surface area contributed by atoms with E-state index < -0.39 is 5.76 Å². The van der Waals surface area contributed by atoms with Crippen LogP contribution in [0.4, 0.5) is 0 Å². The number of aromatic nitrogens is 2. The molecule has 0 aliphatic heterocycles. The van der Waals surface area contributed by atoms with Gasteiger partial charge >= 0.3 is 5.76 Å². The van der Waals surface area contributed by atoms with E-state index in [1.807, 2.05) is 19.1 Å². The quantitative estimate of drug-likeness (QED) is 0.685. The maximum atomic E-state index is 10.8. The minimum absolute atomic E-state index is 0.106. The third kappa shape index (κ3) is 1.28. The molecule has 1 heterocycles. The minimum atomic E-state index is -0.888. The summed E-state index contributed by atoms with van der Waals surface area (Å²) < 4.78 is 4.67. The first-order valence-corrected chi connectivity index (χ1v) is 4.03. The van der Waals surface area contributed by atoms with Crippen molar-refractivity contribution >= 4 is 0 Å². The van der Waals surface area contributed by atoms with Crippen LogP contribution in [0.2, 0.25) is 0 Å². The maximum Gasteiger partial charge on any atom is 0.475 e. The molecule has 0 fully saturated rings. The van der Waals surface area contributed by atoms with Crippen molar-refractivity contribution in [2.45, 2.75) is 6.92 Å². The first-order valence-electron chi connectivity index (χ1n) is 4.03. The molecule has 0 aliphatic rings. The first-order chi connectivity index (χ1) is 6.68. The van der Waals surface area contributed by atoms with Crippen molar-refractivity contribution in [3.05, 3.63) is 40.4 Å². The van der Waals surface area contributed by atoms with Gasteiger partial charge in [-0.05, 0) is 6.92 Å². The molecule has 0 bridgehead atoms. The van der Waals surface area contributed by atoms with Gasteiger partial charge in [-0.2, -0.15) is 0 Å². The number of nitrogens with zero attached hydrogens (tertiary/aromatic N) is 2. The molecule has 0 radical (unpaired) electrons. The van der Waals surface area contributed by atoms with Crippen molar-refractivity contribution in [2.24, 2.45) is 0 Å². The molecule has 0 saturated carbocycles. The van der Waals surface area contributed by atoms with Crippen LogP contribution in [0.3, 0.4) is 0 Å². The molecule has 5 heteroatoms. The van der Waals surface area contributed by atoms with E-state index in [0.29, 0.717) is 10.3 Å². The van der Waals surface area contributed by atoms with Crippen LogP contribution in [0.15, 0.2) is 33.6 Å². The highest BCUT2D eigenvalue weighted by Gasteiger charge is 2.10. The van der Waals surface area contributed by atoms with Gasteiger partial charge in [0.1, 0.15) is 0 Å². The molecule has 0 aliphatic carbocycles. The third-order valence-electron chi connectivity index (χ3n) is 1.89. The molecular weight excluding hydrogens is 184 g/mol. The molecular formula is C9H8N2O3. The molecule has 2 aromatic rings. The van der Waals surface area contributed by atoms with E-state index in [1.165, 1.54) is 0 Å². The Balaban J connectivity index is 2.55. The van der Waals surface area contributed by atoms with Gasteiger partial charge in [0.05, 0.1) is 0 Å². The highest BCUT2D eigenvalue weighted by Crippen LogP contribution is 2.14. The highest BCUT2D eigenvalue weighted by atomic mass is 16.6. The van der Waals surface area contributed by atoms with Crippen LogP contribution < -0.4 is 5.76 Å². The second-order valence-electron chi connectivity index (χ2n) is 2.95. The Morgan fingerprint density at radius 1 is 1.36 bits per heavy atom. The average molecular weight is 192 g/mol. The van der Waals surface area contributed by atoms with Crippen LogP contribution >= 0.6 is 0 Å². The first kappa shape index (κ1) is 8.55. The summed E-state index contributed by atoms with van der Waals surface area (Å²) in [6.45, 7) is 1.94. The van der Waals surface area contributed by atoms with Crippen LogP contribution in [-0.4, -0.2) is 15.1 Å². The van der Waals surface area contributed by atoms with Crippen molar-refractivity contribution < 1.29 is 9.73 Å². The lowest BCUT2D eigenvalue weighted by Gasteiger charge is -1.97. The minimum Gasteiger partial charge on any atom is -0.421 e. The second kappa shape index (κ2) is 3.02. The fourth-order valence-electron chi connectivity index (χ4n) is 1.12. The smallest absolute Gasteiger partial charge is 0.421 e. The summed E-state index contributed by atoms with van der Waals surface area (Å²) in [5.41, 5.74) is 1.72. The Morgan fingerprint density at radius 3 is 2.50 bits per heavy atom. The van der Waals surface area contributed by atoms with Crippen molar-refractivity contribution in [3.63, 3.8) is 0 Å². The van der Waals surface area contributed by atoms with Gasteiger partial charge in [-0.1, -0.05) is 39.7 Å². The number of aryl methyl sites for hydroxylation is 1. The number of hydrogen-bond acceptors (Lipinski definition) is 4. The standard InChI is InChI=1S/C9H8N2O3/c1-6-2-4-7(5-3-6)8-10-14-9(12)11(8)13/h2-5,13H,1H3. The summed E-state index contributed by atoms with van der Waals surface area (Å²) in [6, 6.07) is 7.21. The lowest BCUT2D eigenvalue weighted by Crippen LogP contribution is -2.11. The van der Waals surface area contributed by atoms with Gasteiger partial charge in [-0.15, -0.1) is 0 Å². The van der Waals surface area contributed by atoms with Crippen molar-refractivity contribution in [2.75, 3.05) is 0 Å². The topological polar surface area (TPSA) is 68.3 Å². The van der Waals surface area contributed by atoms with Crippen LogP contribution in [-0.2, 0) is 0 Å². The van der Waals surface area contributed by atoms with Crippen molar-refractivity contribution in [1.82, 2.24) is 9.89 Å². The Hall–Kier alpha value is -2.04. The van der Waals surface area contributed by atoms with Gasteiger partial charge in [0.2, 0.25) is 5.82 Å². The van der Waals surface area contributed by atoms with E-state index in [4.69, 9.17) is 0 Å². The molecule has 0 spiro atoms. The monoisotopic (exact) mass is 192 g/mol. The molecule has 14 heavy (non-hydrogen) atoms. The molecule has 2 rings (SSSR count). The van der Waals surface area contributed by atoms with Crippen LogP contribution in [0.1, 0.15) is 5.56 Å². The van der Waals surface area contributed by atoms with Crippen LogP contribution in [0.5, 0.6) is 0 Å². The molecule has 1 N–H and O–H groups in total. The van der Waals surface area contributed by atoms with Gasteiger partial charge < -0.3 is 5.21 Å². The molecule has 0 atom stereocenters. The van der Waals surface area contributed by atoms with E-state index in [0.717, 1.165) is 5.56 Å². The predicted molar refractivity (Wildman–Crippen MR) is 48.1 cm³/mol. The van der Waals surface area contributed by atoms with Crippen molar-refractivity contribution in [1.29, 1.82) is 0 Å². The Labute approximate surface area is 79.2 Å². The van der Waals surface area contributed by atoms with E-state index in [2.05, 4.69) is 9.68 Å². The Morgan fingerprint density at radius 2 is 2.00 bits per heavy atom. The molecule has 0 amide bonds. The zero-order chi connectivity index (χ0) is 10.1. The Kier molecular flexibility index (Phi) is 1.85. The lowest BCUT2D eigenvalue weighted by atomic mass is 10.1. The largest absolute Gasteiger partial charge is 0.475 e. The van der Waals surface area contributed by atoms with Crippen LogP contribution in [0, 0.1) is 6.92 Å². The fourth-order valence-corrected chi connectivity index (χ4v) is 1.12. The second-order valence-corrected chi connectivity index (χ2v) is 2.95. The summed E-state index contributed by atoms with van der Waals surface area (Å²) in [4.78, 5) is 10.8. The van der Waals surface area contributed by atoms with Gasteiger partial charge in [0.25, 0.3) is 0 Å². The van der Waals surface area contributed by atoms with E-state index >= 15 is 0 Å². The summed E-state index contributed by atoms with van der Waals surface area (Å²) in [6.07, 6.45) is 0. The zero-order valence-corrected chi connectivity index (χ0v) is 7.47. The fraction of sp³-hybridized carbons (Fsp3) is 0.111. The van der Waals surface area contributed by atoms with Gasteiger partial charge in [-0.3, -0.25) is 4.52 Å². The molecule has 1 aromatic carbocycles. The van der Waals surface area contributed by atoms with Crippen LogP contribution in [0.25, 0.3) is 11.4 Å². The molecule has 0 unspecified atom stereocenters. The third-order valence-corrected chi connectivity index (χ3v) is 1.89. The molecule has 5 nitrogen and oxygen atoms in total. The normalized spacial score (nSPS) is 10.4. The van der Waals surface area contributed by atoms with Gasteiger partial charge in [0.15, 0.2) is 0 Å². The van der Waals surface area contributed by atoms with E-state index in [-0.39, 0.29) is 5.82 Å². The number of benzene rings is 1. The van der Waals surface area contributed by atoms with Crippen molar-refractivity contribution in [3.8, 4) is 11.4 Å².